The Morgan fingerprint density at radius 3 is 2.76 bits per heavy atom. The van der Waals surface area contributed by atoms with E-state index in [0.717, 1.165) is 12.0 Å². The molecule has 3 heterocycles. The number of pyridine rings is 2. The second-order valence-electron chi connectivity index (χ2n) is 7.46. The molecule has 0 spiro atoms. The lowest BCUT2D eigenvalue weighted by Crippen LogP contribution is -2.46. The van der Waals surface area contributed by atoms with Gasteiger partial charge in [0.25, 0.3) is 5.56 Å². The first-order valence-electron chi connectivity index (χ1n) is 10.1. The highest BCUT2D eigenvalue weighted by Gasteiger charge is 2.32. The van der Waals surface area contributed by atoms with Gasteiger partial charge in [-0.05, 0) is 31.4 Å². The topological polar surface area (TPSA) is 117 Å². The fourth-order valence-electron chi connectivity index (χ4n) is 4.08. The highest BCUT2D eigenvalue weighted by atomic mass is 16.4. The van der Waals surface area contributed by atoms with Gasteiger partial charge in [0.1, 0.15) is 5.56 Å². The quantitative estimate of drug-likeness (QED) is 0.646. The van der Waals surface area contributed by atoms with Gasteiger partial charge in [0, 0.05) is 30.9 Å². The molecule has 0 aliphatic carbocycles. The van der Waals surface area contributed by atoms with Crippen molar-refractivity contribution in [2.75, 3.05) is 18.0 Å². The molecule has 3 rings (SSSR count). The Morgan fingerprint density at radius 1 is 1.34 bits per heavy atom. The van der Waals surface area contributed by atoms with E-state index >= 15 is 0 Å². The maximum Gasteiger partial charge on any atom is 0.343 e. The number of hydrogen-bond donors (Lipinski definition) is 3. The van der Waals surface area contributed by atoms with E-state index in [4.69, 9.17) is 5.73 Å². The molecule has 2 aromatic heterocycles. The number of anilines is 1. The molecule has 0 radical (unpaired) electrons. The number of nitrogens with zero attached hydrogens (tertiary/aromatic N) is 2. The number of carbonyl (C=O) groups excluding carboxylic acids is 1. The molecule has 0 bridgehead atoms. The molecule has 4 N–H and O–H groups in total. The number of amides is 1. The summed E-state index contributed by atoms with van der Waals surface area (Å²) in [4.78, 5) is 39.1. The second-order valence-corrected chi connectivity index (χ2v) is 7.46. The Bertz CT molecular complexity index is 985. The normalized spacial score (nSPS) is 17.5. The summed E-state index contributed by atoms with van der Waals surface area (Å²) in [7, 11) is 0. The monoisotopic (exact) mass is 400 g/mol. The van der Waals surface area contributed by atoms with E-state index in [1.165, 1.54) is 4.40 Å². The number of aromatic carboxylic acids is 1. The number of carboxylic acids is 1. The van der Waals surface area contributed by atoms with Crippen molar-refractivity contribution < 1.29 is 14.7 Å². The highest BCUT2D eigenvalue weighted by Crippen LogP contribution is 2.30. The van der Waals surface area contributed by atoms with Crippen LogP contribution in [-0.2, 0) is 11.2 Å². The van der Waals surface area contributed by atoms with Crippen LogP contribution in [-0.4, -0.2) is 46.6 Å². The van der Waals surface area contributed by atoms with Crippen molar-refractivity contribution in [3.05, 3.63) is 45.9 Å². The smallest absolute Gasteiger partial charge is 0.343 e. The van der Waals surface area contributed by atoms with Gasteiger partial charge in [-0.2, -0.15) is 0 Å². The number of carboxylic acid groups (broad SMARTS) is 1. The molecular formula is C21H28N4O4. The van der Waals surface area contributed by atoms with E-state index in [2.05, 4.69) is 5.32 Å². The number of hydrogen-bond acceptors (Lipinski definition) is 5. The van der Waals surface area contributed by atoms with Crippen molar-refractivity contribution in [1.82, 2.24) is 9.72 Å². The molecule has 8 nitrogen and oxygen atoms in total. The van der Waals surface area contributed by atoms with E-state index in [1.807, 2.05) is 30.9 Å². The van der Waals surface area contributed by atoms with Gasteiger partial charge in [0.15, 0.2) is 0 Å². The Hall–Kier alpha value is -2.87. The summed E-state index contributed by atoms with van der Waals surface area (Å²) in [5.74, 6) is -1.43. The van der Waals surface area contributed by atoms with E-state index in [1.54, 1.807) is 12.3 Å². The number of nitrogens with one attached hydrogen (secondary N) is 1. The third-order valence-electron chi connectivity index (χ3n) is 5.48. The third-order valence-corrected chi connectivity index (χ3v) is 5.48. The standard InChI is InChI=1S/C21H28N4O4/c1-3-7-15(22)19(26)23-13-9-11-24(12-13)18-14(4-2)16-8-5-6-10-25(16)20(27)17(18)21(28)29/h5-6,8,10,13,15H,3-4,7,9,11-12,22H2,1-2H3,(H,23,26)(H,28,29)/t13?,15-/m0/s1. The van der Waals surface area contributed by atoms with Gasteiger partial charge in [-0.15, -0.1) is 0 Å². The Morgan fingerprint density at radius 2 is 2.10 bits per heavy atom. The van der Waals surface area contributed by atoms with Crippen LogP contribution < -0.4 is 21.5 Å². The zero-order valence-corrected chi connectivity index (χ0v) is 16.9. The van der Waals surface area contributed by atoms with Crippen LogP contribution in [0.5, 0.6) is 0 Å². The van der Waals surface area contributed by atoms with Gasteiger partial charge in [-0.1, -0.05) is 26.3 Å². The lowest BCUT2D eigenvalue weighted by Gasteiger charge is -2.25. The van der Waals surface area contributed by atoms with Crippen LogP contribution in [0.1, 0.15) is 49.0 Å². The van der Waals surface area contributed by atoms with Gasteiger partial charge in [0.2, 0.25) is 5.91 Å². The molecule has 0 aromatic carbocycles. The van der Waals surface area contributed by atoms with E-state index in [-0.39, 0.29) is 17.5 Å². The number of fused-ring (bicyclic) bond motifs is 1. The van der Waals surface area contributed by atoms with Gasteiger partial charge in [-0.3, -0.25) is 14.0 Å². The highest BCUT2D eigenvalue weighted by molar-refractivity contribution is 5.97. The van der Waals surface area contributed by atoms with Crippen molar-refractivity contribution >= 4 is 23.1 Å². The maximum absolute atomic E-state index is 12.9. The minimum Gasteiger partial charge on any atom is -0.477 e. The Kier molecular flexibility index (Phi) is 6.22. The SMILES string of the molecule is CCC[C@H](N)C(=O)NC1CCN(c2c(C(=O)O)c(=O)n3ccccc3c2CC)C1. The maximum atomic E-state index is 12.9. The van der Waals surface area contributed by atoms with Crippen LogP contribution in [0.25, 0.3) is 5.52 Å². The molecule has 1 aliphatic rings. The van der Waals surface area contributed by atoms with E-state index < -0.39 is 17.6 Å². The molecule has 1 saturated heterocycles. The summed E-state index contributed by atoms with van der Waals surface area (Å²) in [6.45, 7) is 4.92. The average Bonchev–Trinajstić information content (AvgIpc) is 3.15. The fraction of sp³-hybridized carbons (Fsp3) is 0.476. The summed E-state index contributed by atoms with van der Waals surface area (Å²) < 4.78 is 1.39. The molecule has 1 unspecified atom stereocenters. The minimum absolute atomic E-state index is 0.133. The first-order valence-corrected chi connectivity index (χ1v) is 10.1. The molecule has 2 aromatic rings. The predicted molar refractivity (Wildman–Crippen MR) is 112 cm³/mol. The van der Waals surface area contributed by atoms with Gasteiger partial charge in [-0.25, -0.2) is 4.79 Å². The average molecular weight is 400 g/mol. The van der Waals surface area contributed by atoms with Crippen molar-refractivity contribution in [3.63, 3.8) is 0 Å². The molecule has 0 saturated carbocycles. The van der Waals surface area contributed by atoms with Crippen LogP contribution in [0, 0.1) is 0 Å². The Balaban J connectivity index is 1.98. The molecule has 1 aliphatic heterocycles. The lowest BCUT2D eigenvalue weighted by molar-refractivity contribution is -0.123. The molecule has 8 heteroatoms. The van der Waals surface area contributed by atoms with Crippen molar-refractivity contribution in [2.45, 2.75) is 51.6 Å². The largest absolute Gasteiger partial charge is 0.477 e. The molecular weight excluding hydrogens is 372 g/mol. The molecule has 1 fully saturated rings. The summed E-state index contributed by atoms with van der Waals surface area (Å²) in [5, 5.41) is 12.8. The van der Waals surface area contributed by atoms with Crippen LogP contribution >= 0.6 is 0 Å². The van der Waals surface area contributed by atoms with Crippen molar-refractivity contribution in [3.8, 4) is 0 Å². The predicted octanol–water partition coefficient (Wildman–Crippen LogP) is 1.38. The lowest BCUT2D eigenvalue weighted by atomic mass is 10.0. The van der Waals surface area contributed by atoms with Crippen molar-refractivity contribution in [1.29, 1.82) is 0 Å². The van der Waals surface area contributed by atoms with Crippen molar-refractivity contribution in [2.24, 2.45) is 5.73 Å². The first-order chi connectivity index (χ1) is 13.9. The van der Waals surface area contributed by atoms with Gasteiger partial charge < -0.3 is 21.1 Å². The van der Waals surface area contributed by atoms with Crippen LogP contribution in [0.4, 0.5) is 5.69 Å². The number of rotatable bonds is 7. The summed E-state index contributed by atoms with van der Waals surface area (Å²) in [6.07, 6.45) is 4.29. The van der Waals surface area contributed by atoms with E-state index in [0.29, 0.717) is 43.6 Å². The second kappa shape index (κ2) is 8.65. The van der Waals surface area contributed by atoms with Crippen LogP contribution in [0.3, 0.4) is 0 Å². The summed E-state index contributed by atoms with van der Waals surface area (Å²) >= 11 is 0. The number of aromatic nitrogens is 1. The minimum atomic E-state index is -1.24. The van der Waals surface area contributed by atoms with Crippen LogP contribution in [0.2, 0.25) is 0 Å². The molecule has 2 atom stereocenters. The third kappa shape index (κ3) is 3.98. The molecule has 29 heavy (non-hydrogen) atoms. The summed E-state index contributed by atoms with van der Waals surface area (Å²) in [6, 6.07) is 4.70. The fourth-order valence-corrected chi connectivity index (χ4v) is 4.08. The number of aryl methyl sites for hydroxylation is 1. The van der Waals surface area contributed by atoms with Crippen LogP contribution in [0.15, 0.2) is 29.2 Å². The first kappa shape index (κ1) is 20.9. The van der Waals surface area contributed by atoms with Gasteiger partial charge in [0.05, 0.1) is 17.2 Å². The Labute approximate surface area is 169 Å². The number of nitrogens with two attached hydrogens (primary N) is 1. The zero-order chi connectivity index (χ0) is 21.1. The van der Waals surface area contributed by atoms with E-state index in [9.17, 15) is 19.5 Å². The molecule has 156 valence electrons. The molecule has 1 amide bonds. The summed E-state index contributed by atoms with van der Waals surface area (Å²) in [5.41, 5.74) is 7.12. The number of carbonyl (C=O) groups is 2. The zero-order valence-electron chi connectivity index (χ0n) is 16.9. The van der Waals surface area contributed by atoms with Gasteiger partial charge >= 0.3 is 5.97 Å².